The Bertz CT molecular complexity index is 512. The van der Waals surface area contributed by atoms with Crippen LogP contribution in [-0.2, 0) is 9.59 Å². The third-order valence-corrected chi connectivity index (χ3v) is 3.44. The molecule has 0 spiro atoms. The Labute approximate surface area is 117 Å². The first-order chi connectivity index (χ1) is 9.53. The van der Waals surface area contributed by atoms with Gasteiger partial charge in [0.25, 0.3) is 5.91 Å². The highest BCUT2D eigenvalue weighted by Gasteiger charge is 2.40. The molecule has 0 aromatic heterocycles. The zero-order valence-corrected chi connectivity index (χ0v) is 11.4. The average molecular weight is 277 g/mol. The second-order valence-electron chi connectivity index (χ2n) is 4.95. The van der Waals surface area contributed by atoms with Crippen LogP contribution in [0.15, 0.2) is 24.3 Å². The highest BCUT2D eigenvalue weighted by Crippen LogP contribution is 2.30. The van der Waals surface area contributed by atoms with Crippen molar-refractivity contribution in [3.63, 3.8) is 0 Å². The van der Waals surface area contributed by atoms with Crippen LogP contribution in [0.3, 0.4) is 0 Å². The summed E-state index contributed by atoms with van der Waals surface area (Å²) in [4.78, 5) is 23.1. The Morgan fingerprint density at radius 2 is 2.15 bits per heavy atom. The number of hydrogen-bond acceptors (Lipinski definition) is 4. The van der Waals surface area contributed by atoms with E-state index in [1.54, 1.807) is 31.3 Å². The molecule has 0 bridgehead atoms. The fraction of sp³-hybridized carbons (Fsp3) is 0.429. The van der Waals surface area contributed by atoms with Gasteiger partial charge in [0.2, 0.25) is 5.91 Å². The van der Waals surface area contributed by atoms with Crippen LogP contribution in [-0.4, -0.2) is 31.0 Å². The number of nitrogens with two attached hydrogens (primary N) is 1. The Balaban J connectivity index is 1.95. The topological polar surface area (TPSA) is 93.5 Å². The molecule has 6 nitrogen and oxygen atoms in total. The van der Waals surface area contributed by atoms with E-state index in [4.69, 9.17) is 10.5 Å². The van der Waals surface area contributed by atoms with Crippen molar-refractivity contribution in [2.24, 2.45) is 5.73 Å². The van der Waals surface area contributed by atoms with E-state index >= 15 is 0 Å². The Hall–Kier alpha value is -2.08. The van der Waals surface area contributed by atoms with Crippen LogP contribution >= 0.6 is 0 Å². The summed E-state index contributed by atoms with van der Waals surface area (Å²) >= 11 is 0. The predicted molar refractivity (Wildman–Crippen MR) is 75.4 cm³/mol. The molecule has 1 aromatic rings. The van der Waals surface area contributed by atoms with E-state index in [2.05, 4.69) is 10.6 Å². The molecule has 0 saturated heterocycles. The summed E-state index contributed by atoms with van der Waals surface area (Å²) < 4.78 is 5.31. The van der Waals surface area contributed by atoms with Crippen molar-refractivity contribution in [1.82, 2.24) is 5.32 Å². The van der Waals surface area contributed by atoms with Crippen molar-refractivity contribution in [3.05, 3.63) is 24.3 Å². The van der Waals surface area contributed by atoms with Crippen LogP contribution in [0.25, 0.3) is 0 Å². The molecule has 1 saturated carbocycles. The largest absolute Gasteiger partial charge is 0.484 e. The Kier molecular flexibility index (Phi) is 4.24. The van der Waals surface area contributed by atoms with Gasteiger partial charge in [0.1, 0.15) is 5.75 Å². The number of nitrogens with one attached hydrogen (secondary N) is 2. The lowest BCUT2D eigenvalue weighted by Crippen LogP contribution is -2.56. The van der Waals surface area contributed by atoms with Crippen molar-refractivity contribution < 1.29 is 14.3 Å². The third-order valence-electron chi connectivity index (χ3n) is 3.44. The lowest BCUT2D eigenvalue weighted by molar-refractivity contribution is -0.124. The monoisotopic (exact) mass is 277 g/mol. The molecule has 1 aromatic carbocycles. The molecule has 6 heteroatoms. The van der Waals surface area contributed by atoms with Gasteiger partial charge in [-0.25, -0.2) is 0 Å². The van der Waals surface area contributed by atoms with E-state index in [1.807, 2.05) is 0 Å². The van der Waals surface area contributed by atoms with E-state index in [-0.39, 0.29) is 18.4 Å². The molecular formula is C14H19N3O3. The van der Waals surface area contributed by atoms with Crippen LogP contribution in [0, 0.1) is 0 Å². The Morgan fingerprint density at radius 1 is 1.40 bits per heavy atom. The molecule has 20 heavy (non-hydrogen) atoms. The SMILES string of the molecule is CNC(=O)COc1cccc(NC(=O)C2(N)CCC2)c1. The summed E-state index contributed by atoms with van der Waals surface area (Å²) in [6.45, 7) is -0.0608. The summed E-state index contributed by atoms with van der Waals surface area (Å²) in [5, 5.41) is 5.25. The minimum atomic E-state index is -0.737. The minimum absolute atomic E-state index is 0.0608. The van der Waals surface area contributed by atoms with Crippen molar-refractivity contribution >= 4 is 17.5 Å². The number of amides is 2. The van der Waals surface area contributed by atoms with Crippen LogP contribution < -0.4 is 21.1 Å². The number of likely N-dealkylation sites (N-methyl/N-ethyl adjacent to an activating group) is 1. The van der Waals surface area contributed by atoms with Crippen molar-refractivity contribution in [2.45, 2.75) is 24.8 Å². The first-order valence-electron chi connectivity index (χ1n) is 6.57. The van der Waals surface area contributed by atoms with Gasteiger partial charge in [-0.2, -0.15) is 0 Å². The van der Waals surface area contributed by atoms with Gasteiger partial charge in [-0.05, 0) is 31.4 Å². The maximum atomic E-state index is 12.0. The van der Waals surface area contributed by atoms with Gasteiger partial charge in [0.05, 0.1) is 5.54 Å². The van der Waals surface area contributed by atoms with Crippen LogP contribution in [0.1, 0.15) is 19.3 Å². The lowest BCUT2D eigenvalue weighted by atomic mass is 9.77. The first kappa shape index (κ1) is 14.3. The van der Waals surface area contributed by atoms with Gasteiger partial charge in [-0.1, -0.05) is 6.07 Å². The van der Waals surface area contributed by atoms with E-state index in [0.29, 0.717) is 24.3 Å². The first-order valence-corrected chi connectivity index (χ1v) is 6.57. The highest BCUT2D eigenvalue weighted by atomic mass is 16.5. The van der Waals surface area contributed by atoms with Gasteiger partial charge in [0.15, 0.2) is 6.61 Å². The quantitative estimate of drug-likeness (QED) is 0.736. The van der Waals surface area contributed by atoms with Crippen molar-refractivity contribution in [3.8, 4) is 5.75 Å². The maximum absolute atomic E-state index is 12.0. The molecule has 0 aliphatic heterocycles. The Morgan fingerprint density at radius 3 is 2.75 bits per heavy atom. The number of benzene rings is 1. The zero-order chi connectivity index (χ0) is 14.6. The third kappa shape index (κ3) is 3.27. The highest BCUT2D eigenvalue weighted by molar-refractivity contribution is 5.98. The second kappa shape index (κ2) is 5.92. The molecule has 1 fully saturated rings. The second-order valence-corrected chi connectivity index (χ2v) is 4.95. The fourth-order valence-corrected chi connectivity index (χ4v) is 1.92. The van der Waals surface area contributed by atoms with Crippen LogP contribution in [0.4, 0.5) is 5.69 Å². The maximum Gasteiger partial charge on any atom is 0.257 e. The predicted octanol–water partition coefficient (Wildman–Crippen LogP) is 0.631. The van der Waals surface area contributed by atoms with Crippen LogP contribution in [0.5, 0.6) is 5.75 Å². The molecule has 1 aliphatic rings. The molecule has 0 atom stereocenters. The van der Waals surface area contributed by atoms with E-state index < -0.39 is 5.54 Å². The van der Waals surface area contributed by atoms with E-state index in [9.17, 15) is 9.59 Å². The molecular weight excluding hydrogens is 258 g/mol. The van der Waals surface area contributed by atoms with Crippen molar-refractivity contribution in [2.75, 3.05) is 19.0 Å². The van der Waals surface area contributed by atoms with E-state index in [1.165, 1.54) is 0 Å². The molecule has 108 valence electrons. The minimum Gasteiger partial charge on any atom is -0.484 e. The summed E-state index contributed by atoms with van der Waals surface area (Å²) in [7, 11) is 1.54. The normalized spacial score (nSPS) is 15.9. The van der Waals surface area contributed by atoms with E-state index in [0.717, 1.165) is 6.42 Å². The summed E-state index contributed by atoms with van der Waals surface area (Å²) in [5.74, 6) is 0.132. The molecule has 0 unspecified atom stereocenters. The molecule has 0 heterocycles. The average Bonchev–Trinajstić information content (AvgIpc) is 2.42. The lowest BCUT2D eigenvalue weighted by Gasteiger charge is -2.36. The standard InChI is InChI=1S/C14H19N3O3/c1-16-12(18)9-20-11-5-2-4-10(8-11)17-13(19)14(15)6-3-7-14/h2,4-5,8H,3,6-7,9,15H2,1H3,(H,16,18)(H,17,19). The number of carbonyl (C=O) groups is 2. The molecule has 1 aliphatic carbocycles. The number of rotatable bonds is 5. The molecule has 4 N–H and O–H groups in total. The summed E-state index contributed by atoms with van der Waals surface area (Å²) in [6, 6.07) is 6.90. The summed E-state index contributed by atoms with van der Waals surface area (Å²) in [5.41, 5.74) is 5.83. The van der Waals surface area contributed by atoms with Gasteiger partial charge < -0.3 is 21.1 Å². The number of anilines is 1. The van der Waals surface area contributed by atoms with Crippen molar-refractivity contribution in [1.29, 1.82) is 0 Å². The summed E-state index contributed by atoms with van der Waals surface area (Å²) in [6.07, 6.45) is 2.41. The van der Waals surface area contributed by atoms with Gasteiger partial charge in [-0.3, -0.25) is 9.59 Å². The van der Waals surface area contributed by atoms with Gasteiger partial charge >= 0.3 is 0 Å². The zero-order valence-electron chi connectivity index (χ0n) is 11.4. The number of carbonyl (C=O) groups excluding carboxylic acids is 2. The van der Waals surface area contributed by atoms with Gasteiger partial charge in [-0.15, -0.1) is 0 Å². The number of hydrogen-bond donors (Lipinski definition) is 3. The van der Waals surface area contributed by atoms with Crippen LogP contribution in [0.2, 0.25) is 0 Å². The molecule has 2 rings (SSSR count). The van der Waals surface area contributed by atoms with Gasteiger partial charge in [0, 0.05) is 18.8 Å². The smallest absolute Gasteiger partial charge is 0.257 e. The molecule has 2 amide bonds. The fourth-order valence-electron chi connectivity index (χ4n) is 1.92. The molecule has 0 radical (unpaired) electrons. The number of ether oxygens (including phenoxy) is 1.